The topological polar surface area (TPSA) is 79.0 Å². The van der Waals surface area contributed by atoms with Crippen molar-refractivity contribution in [3.8, 4) is 5.75 Å². The standard InChI is InChI=1S/C28H32ClN3O4S/c1-2-36-26-12-10-25(11-13-26)32(37(34,35)27-14-8-24(29)9-15-27)21-28(33)30-19-22-6-5-7-23(18-22)20-31-16-3-4-17-31/h5-15,18H,2-4,16-17,19-21H2,1H3,(H,30,33). The van der Waals surface area contributed by atoms with Gasteiger partial charge < -0.3 is 10.1 Å². The third kappa shape index (κ3) is 7.25. The molecule has 196 valence electrons. The fourth-order valence-corrected chi connectivity index (χ4v) is 5.89. The quantitative estimate of drug-likeness (QED) is 0.375. The number of likely N-dealkylation sites (tertiary alicyclic amines) is 1. The van der Waals surface area contributed by atoms with Crippen LogP contribution in [-0.2, 0) is 27.9 Å². The Morgan fingerprint density at radius 1 is 1.00 bits per heavy atom. The Morgan fingerprint density at radius 3 is 2.35 bits per heavy atom. The number of hydrogen-bond acceptors (Lipinski definition) is 5. The molecule has 7 nitrogen and oxygen atoms in total. The van der Waals surface area contributed by atoms with E-state index in [1.54, 1.807) is 24.3 Å². The summed E-state index contributed by atoms with van der Waals surface area (Å²) in [5, 5.41) is 3.31. The van der Waals surface area contributed by atoms with Crippen molar-refractivity contribution in [2.24, 2.45) is 0 Å². The van der Waals surface area contributed by atoms with E-state index in [1.165, 1.54) is 42.7 Å². The number of benzene rings is 3. The summed E-state index contributed by atoms with van der Waals surface area (Å²) in [6, 6.07) is 20.7. The Labute approximate surface area is 224 Å². The van der Waals surface area contributed by atoms with Crippen molar-refractivity contribution < 1.29 is 17.9 Å². The average Bonchev–Trinajstić information content (AvgIpc) is 3.40. The van der Waals surface area contributed by atoms with Crippen LogP contribution in [-0.4, -0.2) is 45.5 Å². The smallest absolute Gasteiger partial charge is 0.264 e. The first-order valence-electron chi connectivity index (χ1n) is 12.4. The summed E-state index contributed by atoms with van der Waals surface area (Å²) in [6.45, 7) is 5.43. The minimum Gasteiger partial charge on any atom is -0.494 e. The van der Waals surface area contributed by atoms with Crippen LogP contribution in [0.2, 0.25) is 5.02 Å². The largest absolute Gasteiger partial charge is 0.494 e. The van der Waals surface area contributed by atoms with Gasteiger partial charge in [-0.2, -0.15) is 0 Å². The molecule has 1 heterocycles. The Bertz CT molecular complexity index is 1290. The summed E-state index contributed by atoms with van der Waals surface area (Å²) >= 11 is 5.96. The van der Waals surface area contributed by atoms with Crippen LogP contribution in [0.5, 0.6) is 5.75 Å². The Morgan fingerprint density at radius 2 is 1.68 bits per heavy atom. The molecule has 0 aliphatic carbocycles. The second kappa shape index (κ2) is 12.4. The SMILES string of the molecule is CCOc1ccc(N(CC(=O)NCc2cccc(CN3CCCC3)c2)S(=O)(=O)c2ccc(Cl)cc2)cc1. The van der Waals surface area contributed by atoms with E-state index >= 15 is 0 Å². The molecule has 9 heteroatoms. The molecule has 0 aromatic heterocycles. The van der Waals surface area contributed by atoms with Crippen LogP contribution in [0.4, 0.5) is 5.69 Å². The summed E-state index contributed by atoms with van der Waals surface area (Å²) < 4.78 is 33.7. The van der Waals surface area contributed by atoms with E-state index in [0.29, 0.717) is 29.6 Å². The number of anilines is 1. The van der Waals surface area contributed by atoms with Gasteiger partial charge >= 0.3 is 0 Å². The van der Waals surface area contributed by atoms with Crippen LogP contribution < -0.4 is 14.4 Å². The van der Waals surface area contributed by atoms with Crippen LogP contribution in [0.25, 0.3) is 0 Å². The predicted molar refractivity (Wildman–Crippen MR) is 146 cm³/mol. The third-order valence-electron chi connectivity index (χ3n) is 6.21. The highest BCUT2D eigenvalue weighted by molar-refractivity contribution is 7.92. The van der Waals surface area contributed by atoms with E-state index in [-0.39, 0.29) is 11.4 Å². The number of carbonyl (C=O) groups is 1. The predicted octanol–water partition coefficient (Wildman–Crippen LogP) is 4.85. The summed E-state index contributed by atoms with van der Waals surface area (Å²) in [5.41, 5.74) is 2.54. The molecule has 1 N–H and O–H groups in total. The minimum atomic E-state index is -4.03. The van der Waals surface area contributed by atoms with Gasteiger partial charge in [0, 0.05) is 18.1 Å². The zero-order valence-electron chi connectivity index (χ0n) is 20.9. The fraction of sp³-hybridized carbons (Fsp3) is 0.321. The van der Waals surface area contributed by atoms with Crippen molar-refractivity contribution in [3.05, 3.63) is 88.9 Å². The second-order valence-corrected chi connectivity index (χ2v) is 11.3. The van der Waals surface area contributed by atoms with Crippen LogP contribution in [0, 0.1) is 0 Å². The Balaban J connectivity index is 1.49. The molecule has 0 saturated carbocycles. The maximum Gasteiger partial charge on any atom is 0.264 e. The number of ether oxygens (including phenoxy) is 1. The molecule has 0 bridgehead atoms. The number of halogens is 1. The second-order valence-electron chi connectivity index (χ2n) is 8.97. The van der Waals surface area contributed by atoms with Gasteiger partial charge in [-0.1, -0.05) is 35.9 Å². The summed E-state index contributed by atoms with van der Waals surface area (Å²) in [4.78, 5) is 15.5. The van der Waals surface area contributed by atoms with Gasteiger partial charge in [0.05, 0.1) is 17.2 Å². The Hall–Kier alpha value is -3.07. The number of hydrogen-bond donors (Lipinski definition) is 1. The summed E-state index contributed by atoms with van der Waals surface area (Å²) in [5.74, 6) is 0.213. The molecule has 1 aliphatic rings. The van der Waals surface area contributed by atoms with Crippen molar-refractivity contribution in [1.29, 1.82) is 0 Å². The van der Waals surface area contributed by atoms with Gasteiger partial charge in [0.2, 0.25) is 5.91 Å². The van der Waals surface area contributed by atoms with Crippen molar-refractivity contribution in [2.75, 3.05) is 30.5 Å². The van der Waals surface area contributed by atoms with Gasteiger partial charge in [-0.25, -0.2) is 8.42 Å². The van der Waals surface area contributed by atoms with Gasteiger partial charge in [0.15, 0.2) is 0 Å². The van der Waals surface area contributed by atoms with E-state index in [4.69, 9.17) is 16.3 Å². The lowest BCUT2D eigenvalue weighted by molar-refractivity contribution is -0.119. The van der Waals surface area contributed by atoms with Gasteiger partial charge in [-0.15, -0.1) is 0 Å². The first kappa shape index (κ1) is 27.0. The van der Waals surface area contributed by atoms with Gasteiger partial charge in [-0.3, -0.25) is 14.0 Å². The number of amides is 1. The molecule has 0 atom stereocenters. The minimum absolute atomic E-state index is 0.0493. The van der Waals surface area contributed by atoms with Crippen LogP contribution >= 0.6 is 11.6 Å². The molecule has 1 aliphatic heterocycles. The highest BCUT2D eigenvalue weighted by Gasteiger charge is 2.27. The lowest BCUT2D eigenvalue weighted by Crippen LogP contribution is -2.40. The zero-order valence-corrected chi connectivity index (χ0v) is 22.5. The molecule has 3 aromatic rings. The number of sulfonamides is 1. The normalized spacial score (nSPS) is 13.9. The van der Waals surface area contributed by atoms with Crippen LogP contribution in [0.1, 0.15) is 30.9 Å². The molecular formula is C28H32ClN3O4S. The molecule has 37 heavy (non-hydrogen) atoms. The van der Waals surface area contributed by atoms with Crippen LogP contribution in [0.15, 0.2) is 77.7 Å². The third-order valence-corrected chi connectivity index (χ3v) is 8.25. The van der Waals surface area contributed by atoms with Gasteiger partial charge in [0.1, 0.15) is 12.3 Å². The van der Waals surface area contributed by atoms with E-state index in [1.807, 2.05) is 19.1 Å². The molecule has 1 fully saturated rings. The molecule has 0 spiro atoms. The number of rotatable bonds is 11. The van der Waals surface area contributed by atoms with Crippen molar-refractivity contribution in [3.63, 3.8) is 0 Å². The highest BCUT2D eigenvalue weighted by atomic mass is 35.5. The lowest BCUT2D eigenvalue weighted by atomic mass is 10.1. The fourth-order valence-electron chi connectivity index (χ4n) is 4.35. The number of nitrogens with zero attached hydrogens (tertiary/aromatic N) is 2. The molecule has 0 radical (unpaired) electrons. The van der Waals surface area contributed by atoms with E-state index < -0.39 is 15.9 Å². The number of carbonyl (C=O) groups excluding carboxylic acids is 1. The first-order chi connectivity index (χ1) is 17.8. The van der Waals surface area contributed by atoms with Crippen LogP contribution in [0.3, 0.4) is 0 Å². The zero-order chi connectivity index (χ0) is 26.3. The summed E-state index contributed by atoms with van der Waals surface area (Å²) in [7, 11) is -4.03. The maximum atomic E-state index is 13.5. The molecule has 4 rings (SSSR count). The average molecular weight is 542 g/mol. The van der Waals surface area contributed by atoms with E-state index in [9.17, 15) is 13.2 Å². The van der Waals surface area contributed by atoms with E-state index in [2.05, 4.69) is 22.3 Å². The molecule has 0 unspecified atom stereocenters. The molecule has 1 saturated heterocycles. The van der Waals surface area contributed by atoms with Gasteiger partial charge in [-0.05, 0) is 92.5 Å². The Kier molecular flexibility index (Phi) is 9.08. The molecular weight excluding hydrogens is 510 g/mol. The van der Waals surface area contributed by atoms with E-state index in [0.717, 1.165) is 29.5 Å². The van der Waals surface area contributed by atoms with Crippen molar-refractivity contribution in [2.45, 2.75) is 37.8 Å². The number of nitrogens with one attached hydrogen (secondary N) is 1. The summed E-state index contributed by atoms with van der Waals surface area (Å²) in [6.07, 6.45) is 2.47. The van der Waals surface area contributed by atoms with Gasteiger partial charge in [0.25, 0.3) is 10.0 Å². The first-order valence-corrected chi connectivity index (χ1v) is 14.2. The molecule has 3 aromatic carbocycles. The lowest BCUT2D eigenvalue weighted by Gasteiger charge is -2.24. The van der Waals surface area contributed by atoms with Crippen molar-refractivity contribution in [1.82, 2.24) is 10.2 Å². The van der Waals surface area contributed by atoms with Crippen molar-refractivity contribution >= 4 is 33.2 Å². The highest BCUT2D eigenvalue weighted by Crippen LogP contribution is 2.26. The maximum absolute atomic E-state index is 13.5. The monoisotopic (exact) mass is 541 g/mol. The molecule has 1 amide bonds.